The summed E-state index contributed by atoms with van der Waals surface area (Å²) >= 11 is 3.45. The predicted molar refractivity (Wildman–Crippen MR) is 83.7 cm³/mol. The van der Waals surface area contributed by atoms with Crippen LogP contribution in [0.15, 0.2) is 51.7 Å². The standard InChI is InChI=1S/C16H14BrNO/c1-2-9-18-14-6-4-3-5-12(14)16(19)13-10-11(17)7-8-15(13)18/h3-8,10H,2,9H2,1H3. The fourth-order valence-electron chi connectivity index (χ4n) is 2.57. The van der Waals surface area contributed by atoms with Crippen molar-refractivity contribution in [2.75, 3.05) is 0 Å². The van der Waals surface area contributed by atoms with Crippen molar-refractivity contribution in [1.29, 1.82) is 0 Å². The maximum absolute atomic E-state index is 12.6. The largest absolute Gasteiger partial charge is 0.340 e. The third kappa shape index (κ3) is 1.98. The van der Waals surface area contributed by atoms with E-state index in [0.29, 0.717) is 0 Å². The van der Waals surface area contributed by atoms with Crippen molar-refractivity contribution >= 4 is 37.7 Å². The summed E-state index contributed by atoms with van der Waals surface area (Å²) in [6.45, 7) is 3.07. The Morgan fingerprint density at radius 1 is 1.05 bits per heavy atom. The number of hydrogen-bond donors (Lipinski definition) is 0. The molecule has 0 atom stereocenters. The van der Waals surface area contributed by atoms with Gasteiger partial charge in [0.2, 0.25) is 0 Å². The lowest BCUT2D eigenvalue weighted by molar-refractivity contribution is 0.720. The van der Waals surface area contributed by atoms with E-state index < -0.39 is 0 Å². The number of rotatable bonds is 2. The first-order valence-electron chi connectivity index (χ1n) is 6.43. The normalized spacial score (nSPS) is 11.3. The zero-order valence-corrected chi connectivity index (χ0v) is 12.3. The van der Waals surface area contributed by atoms with Gasteiger partial charge in [-0.1, -0.05) is 35.0 Å². The number of nitrogens with zero attached hydrogens (tertiary/aromatic N) is 1. The maximum Gasteiger partial charge on any atom is 0.197 e. The van der Waals surface area contributed by atoms with Gasteiger partial charge in [-0.3, -0.25) is 4.79 Å². The summed E-state index contributed by atoms with van der Waals surface area (Å²) in [5.41, 5.74) is 2.14. The van der Waals surface area contributed by atoms with Gasteiger partial charge < -0.3 is 4.57 Å². The Morgan fingerprint density at radius 3 is 2.58 bits per heavy atom. The molecule has 3 rings (SSSR count). The molecule has 0 N–H and O–H groups in total. The van der Waals surface area contributed by atoms with Gasteiger partial charge in [0.05, 0.1) is 11.0 Å². The van der Waals surface area contributed by atoms with Crippen LogP contribution in [0.2, 0.25) is 0 Å². The molecule has 0 aliphatic heterocycles. The monoisotopic (exact) mass is 315 g/mol. The van der Waals surface area contributed by atoms with Crippen molar-refractivity contribution in [2.24, 2.45) is 0 Å². The van der Waals surface area contributed by atoms with Gasteiger partial charge in [-0.05, 0) is 36.8 Å². The molecule has 0 aliphatic rings. The van der Waals surface area contributed by atoms with Crippen LogP contribution in [0.3, 0.4) is 0 Å². The molecule has 0 unspecified atom stereocenters. The van der Waals surface area contributed by atoms with E-state index in [1.165, 1.54) is 0 Å². The highest BCUT2D eigenvalue weighted by molar-refractivity contribution is 9.10. The Hall–Kier alpha value is -1.61. The molecule has 0 spiro atoms. The SMILES string of the molecule is CCCn1c2ccccc2c(=O)c2cc(Br)ccc21. The van der Waals surface area contributed by atoms with Gasteiger partial charge in [-0.25, -0.2) is 0 Å². The summed E-state index contributed by atoms with van der Waals surface area (Å²) in [4.78, 5) is 12.6. The molecule has 2 aromatic carbocycles. The third-order valence-corrected chi connectivity index (χ3v) is 3.87. The van der Waals surface area contributed by atoms with Crippen LogP contribution in [0.25, 0.3) is 21.8 Å². The highest BCUT2D eigenvalue weighted by atomic mass is 79.9. The van der Waals surface area contributed by atoms with E-state index >= 15 is 0 Å². The average molecular weight is 316 g/mol. The van der Waals surface area contributed by atoms with Gasteiger partial charge in [0.1, 0.15) is 0 Å². The van der Waals surface area contributed by atoms with Gasteiger partial charge in [0.15, 0.2) is 5.43 Å². The highest BCUT2D eigenvalue weighted by Gasteiger charge is 2.09. The Bertz CT molecular complexity index is 820. The molecule has 0 saturated carbocycles. The van der Waals surface area contributed by atoms with Gasteiger partial charge >= 0.3 is 0 Å². The van der Waals surface area contributed by atoms with Crippen LogP contribution in [0, 0.1) is 0 Å². The quantitative estimate of drug-likeness (QED) is 0.645. The lowest BCUT2D eigenvalue weighted by atomic mass is 10.1. The zero-order chi connectivity index (χ0) is 13.4. The Labute approximate surface area is 119 Å². The van der Waals surface area contributed by atoms with Crippen molar-refractivity contribution in [1.82, 2.24) is 4.57 Å². The first kappa shape index (κ1) is 12.4. The fourth-order valence-corrected chi connectivity index (χ4v) is 2.93. The molecule has 1 heterocycles. The smallest absolute Gasteiger partial charge is 0.197 e. The summed E-state index contributed by atoms with van der Waals surface area (Å²) in [5.74, 6) is 0. The molecule has 1 aromatic heterocycles. The number of aryl methyl sites for hydroxylation is 1. The molecule has 3 heteroatoms. The number of hydrogen-bond acceptors (Lipinski definition) is 1. The van der Waals surface area contributed by atoms with Gasteiger partial charge in [0.25, 0.3) is 0 Å². The van der Waals surface area contributed by atoms with Crippen LogP contribution in [0.5, 0.6) is 0 Å². The maximum atomic E-state index is 12.6. The molecule has 0 aliphatic carbocycles. The minimum absolute atomic E-state index is 0.110. The zero-order valence-electron chi connectivity index (χ0n) is 10.7. The summed E-state index contributed by atoms with van der Waals surface area (Å²) in [6, 6.07) is 13.8. The van der Waals surface area contributed by atoms with E-state index in [1.54, 1.807) is 0 Å². The van der Waals surface area contributed by atoms with Crippen LogP contribution in [0.4, 0.5) is 0 Å². The van der Waals surface area contributed by atoms with Crippen molar-refractivity contribution < 1.29 is 0 Å². The van der Waals surface area contributed by atoms with E-state index in [0.717, 1.165) is 39.2 Å². The minimum Gasteiger partial charge on any atom is -0.340 e. The van der Waals surface area contributed by atoms with Crippen LogP contribution in [0.1, 0.15) is 13.3 Å². The summed E-state index contributed by atoms with van der Waals surface area (Å²) in [5, 5.41) is 1.57. The number of halogens is 1. The highest BCUT2D eigenvalue weighted by Crippen LogP contribution is 2.22. The second kappa shape index (κ2) is 4.82. The first-order valence-corrected chi connectivity index (χ1v) is 7.22. The van der Waals surface area contributed by atoms with E-state index in [1.807, 2.05) is 42.5 Å². The van der Waals surface area contributed by atoms with Crippen molar-refractivity contribution in [3.8, 4) is 0 Å². The van der Waals surface area contributed by atoms with Crippen LogP contribution < -0.4 is 5.43 Å². The molecule has 96 valence electrons. The van der Waals surface area contributed by atoms with Crippen molar-refractivity contribution in [3.05, 3.63) is 57.2 Å². The van der Waals surface area contributed by atoms with Gasteiger partial charge in [-0.2, -0.15) is 0 Å². The molecule has 3 aromatic rings. The number of para-hydroxylation sites is 1. The van der Waals surface area contributed by atoms with E-state index in [4.69, 9.17) is 0 Å². The number of benzene rings is 2. The van der Waals surface area contributed by atoms with Crippen LogP contribution in [-0.2, 0) is 6.54 Å². The Morgan fingerprint density at radius 2 is 1.79 bits per heavy atom. The van der Waals surface area contributed by atoms with E-state index in [-0.39, 0.29) is 5.43 Å². The molecule has 0 bridgehead atoms. The molecule has 0 amide bonds. The predicted octanol–water partition coefficient (Wildman–Crippen LogP) is 4.33. The van der Waals surface area contributed by atoms with Gasteiger partial charge in [-0.15, -0.1) is 0 Å². The molecular weight excluding hydrogens is 302 g/mol. The lowest BCUT2D eigenvalue weighted by Crippen LogP contribution is -2.11. The number of pyridine rings is 1. The van der Waals surface area contributed by atoms with Crippen LogP contribution in [-0.4, -0.2) is 4.57 Å². The number of fused-ring (bicyclic) bond motifs is 2. The molecule has 19 heavy (non-hydrogen) atoms. The fraction of sp³-hybridized carbons (Fsp3) is 0.188. The molecule has 0 saturated heterocycles. The van der Waals surface area contributed by atoms with Crippen molar-refractivity contribution in [2.45, 2.75) is 19.9 Å². The lowest BCUT2D eigenvalue weighted by Gasteiger charge is -2.14. The summed E-state index contributed by atoms with van der Waals surface area (Å²) in [7, 11) is 0. The Kier molecular flexibility index (Phi) is 3.15. The summed E-state index contributed by atoms with van der Waals surface area (Å²) in [6.07, 6.45) is 1.04. The average Bonchev–Trinajstić information content (AvgIpc) is 2.44. The molecule has 0 fully saturated rings. The number of aromatic nitrogens is 1. The molecule has 2 nitrogen and oxygen atoms in total. The Balaban J connectivity index is 2.57. The van der Waals surface area contributed by atoms with Crippen molar-refractivity contribution in [3.63, 3.8) is 0 Å². The third-order valence-electron chi connectivity index (χ3n) is 3.38. The second-order valence-electron chi connectivity index (χ2n) is 4.66. The summed E-state index contributed by atoms with van der Waals surface area (Å²) < 4.78 is 3.17. The molecular formula is C16H14BrNO. The van der Waals surface area contributed by atoms with Crippen LogP contribution >= 0.6 is 15.9 Å². The second-order valence-corrected chi connectivity index (χ2v) is 5.58. The molecule has 0 radical (unpaired) electrons. The topological polar surface area (TPSA) is 22.0 Å². The van der Waals surface area contributed by atoms with Gasteiger partial charge in [0, 0.05) is 21.8 Å². The van der Waals surface area contributed by atoms with E-state index in [9.17, 15) is 4.79 Å². The first-order chi connectivity index (χ1) is 9.22. The minimum atomic E-state index is 0.110. The van der Waals surface area contributed by atoms with E-state index in [2.05, 4.69) is 27.4 Å².